The molecule has 8 amide bonds. The first kappa shape index (κ1) is 65.5. The Labute approximate surface area is 454 Å². The van der Waals surface area contributed by atoms with Crippen LogP contribution in [0, 0.1) is 46.3 Å². The highest BCUT2D eigenvalue weighted by Crippen LogP contribution is 2.31. The van der Waals surface area contributed by atoms with Crippen molar-refractivity contribution in [1.82, 2.24) is 52.3 Å². The van der Waals surface area contributed by atoms with Gasteiger partial charge in [0.1, 0.15) is 36.3 Å². The van der Waals surface area contributed by atoms with Crippen LogP contribution in [0.4, 0.5) is 0 Å². The van der Waals surface area contributed by atoms with Gasteiger partial charge in [-0.05, 0) is 114 Å². The van der Waals surface area contributed by atoms with E-state index >= 15 is 0 Å². The molecule has 2 saturated carbocycles. The van der Waals surface area contributed by atoms with Crippen molar-refractivity contribution in [3.63, 3.8) is 0 Å². The lowest BCUT2D eigenvalue weighted by atomic mass is 9.83. The third kappa shape index (κ3) is 19.2. The van der Waals surface area contributed by atoms with Crippen LogP contribution in [0.3, 0.4) is 0 Å². The van der Waals surface area contributed by atoms with E-state index in [1.807, 2.05) is 41.5 Å². The Balaban J connectivity index is 0.00000937. The van der Waals surface area contributed by atoms with E-state index in [1.54, 1.807) is 37.7 Å². The van der Waals surface area contributed by atoms with Crippen molar-refractivity contribution >= 4 is 72.1 Å². The second kappa shape index (κ2) is 31.4. The molecule has 74 heavy (non-hydrogen) atoms. The number of likely N-dealkylation sites (N-methyl/N-ethyl adjacent to an activating group) is 2. The zero-order valence-corrected chi connectivity index (χ0v) is 47.5. The Hall–Kier alpha value is -4.62. The van der Waals surface area contributed by atoms with E-state index in [-0.39, 0.29) is 97.0 Å². The van der Waals surface area contributed by atoms with E-state index in [2.05, 4.69) is 66.2 Å². The molecular weight excluding hydrogens is 988 g/mol. The number of hydrogen-bond donors (Lipinski definition) is 8. The molecule has 0 unspecified atom stereocenters. The Morgan fingerprint density at radius 3 is 1.14 bits per heavy atom. The summed E-state index contributed by atoms with van der Waals surface area (Å²) in [6.07, 6.45) is 12.0. The van der Waals surface area contributed by atoms with Gasteiger partial charge in [0.2, 0.25) is 47.3 Å². The maximum absolute atomic E-state index is 14.0. The van der Waals surface area contributed by atoms with E-state index in [0.29, 0.717) is 51.6 Å². The number of nitrogens with one attached hydrogen (secondary N) is 8. The number of amides is 8. The van der Waals surface area contributed by atoms with Crippen molar-refractivity contribution in [2.75, 3.05) is 40.3 Å². The molecule has 0 aromatic carbocycles. The number of likely N-dealkylation sites (tertiary alicyclic amines) is 2. The van der Waals surface area contributed by atoms with Gasteiger partial charge in [-0.3, -0.25) is 38.4 Å². The molecule has 0 radical (unpaired) electrons. The number of carbonyl (C=O) groups is 8. The van der Waals surface area contributed by atoms with Crippen molar-refractivity contribution in [2.45, 2.75) is 206 Å². The largest absolute Gasteiger partial charge is 0.353 e. The van der Waals surface area contributed by atoms with Gasteiger partial charge in [0.25, 0.3) is 0 Å². The van der Waals surface area contributed by atoms with Crippen molar-refractivity contribution in [3.05, 3.63) is 0 Å². The van der Waals surface area contributed by atoms with E-state index < -0.39 is 59.2 Å². The second-order valence-electron chi connectivity index (χ2n) is 22.5. The number of nitrogens with zero attached hydrogens (tertiary/aromatic N) is 2. The first-order chi connectivity index (χ1) is 34.1. The zero-order chi connectivity index (χ0) is 53.2. The summed E-state index contributed by atoms with van der Waals surface area (Å²) in [5, 5.41) is 23.6. The minimum atomic E-state index is -0.845. The molecule has 18 nitrogen and oxygen atoms in total. The smallest absolute Gasteiger partial charge is 0.246 e. The molecule has 2 heterocycles. The fourth-order valence-electron chi connectivity index (χ4n) is 10.2. The molecule has 0 aromatic heterocycles. The first-order valence-corrected chi connectivity index (χ1v) is 26.8. The van der Waals surface area contributed by atoms with Crippen LogP contribution in [0.25, 0.3) is 0 Å². The fraction of sp³-hybridized carbons (Fsp3) is 0.778. The molecule has 418 valence electrons. The molecule has 4 rings (SSSR count). The molecule has 2 aliphatic carbocycles. The summed E-state index contributed by atoms with van der Waals surface area (Å²) in [5.41, 5.74) is -1.23. The van der Waals surface area contributed by atoms with Crippen LogP contribution in [-0.2, 0) is 38.4 Å². The highest BCUT2D eigenvalue weighted by atomic mass is 35.5. The van der Waals surface area contributed by atoms with Crippen molar-refractivity contribution in [3.8, 4) is 23.7 Å². The van der Waals surface area contributed by atoms with Gasteiger partial charge < -0.3 is 52.3 Å². The fourth-order valence-corrected chi connectivity index (χ4v) is 10.2. The van der Waals surface area contributed by atoms with Gasteiger partial charge in [-0.25, -0.2) is 0 Å². The van der Waals surface area contributed by atoms with E-state index in [0.717, 1.165) is 64.2 Å². The number of halogens is 2. The van der Waals surface area contributed by atoms with Gasteiger partial charge in [0, 0.05) is 39.0 Å². The lowest BCUT2D eigenvalue weighted by Crippen LogP contribution is -2.61. The van der Waals surface area contributed by atoms with Gasteiger partial charge >= 0.3 is 0 Å². The number of carbonyl (C=O) groups excluding carboxylic acids is 8. The predicted octanol–water partition coefficient (Wildman–Crippen LogP) is 3.24. The third-order valence-electron chi connectivity index (χ3n) is 14.9. The van der Waals surface area contributed by atoms with Crippen LogP contribution in [0.15, 0.2) is 0 Å². The average Bonchev–Trinajstić information content (AvgIpc) is 4.06. The Morgan fingerprint density at radius 2 is 0.824 bits per heavy atom. The minimum Gasteiger partial charge on any atom is -0.353 e. The zero-order valence-electron chi connectivity index (χ0n) is 45.9. The summed E-state index contributed by atoms with van der Waals surface area (Å²) in [7, 11) is 3.35. The second-order valence-corrected chi connectivity index (χ2v) is 22.5. The quantitative estimate of drug-likeness (QED) is 0.0655. The van der Waals surface area contributed by atoms with Crippen molar-refractivity contribution in [1.29, 1.82) is 0 Å². The van der Waals surface area contributed by atoms with Crippen molar-refractivity contribution in [2.24, 2.45) is 22.7 Å². The molecule has 8 atom stereocenters. The molecule has 0 spiro atoms. The maximum atomic E-state index is 14.0. The average molecular weight is 1080 g/mol. The molecule has 2 saturated heterocycles. The van der Waals surface area contributed by atoms with Crippen LogP contribution in [0.1, 0.15) is 158 Å². The van der Waals surface area contributed by atoms with Gasteiger partial charge in [-0.1, -0.05) is 91.9 Å². The molecule has 20 heteroatoms. The van der Waals surface area contributed by atoms with Crippen LogP contribution in [0.5, 0.6) is 0 Å². The predicted molar refractivity (Wildman–Crippen MR) is 292 cm³/mol. The summed E-state index contributed by atoms with van der Waals surface area (Å²) in [6.45, 7) is 16.0. The third-order valence-corrected chi connectivity index (χ3v) is 14.9. The summed E-state index contributed by atoms with van der Waals surface area (Å²) < 4.78 is 0. The lowest BCUT2D eigenvalue weighted by Gasteiger charge is -2.36. The molecule has 4 aliphatic rings. The molecular formula is C54H90Cl2N10O8. The van der Waals surface area contributed by atoms with E-state index in [9.17, 15) is 38.4 Å². The number of hydrogen-bond acceptors (Lipinski definition) is 10. The highest BCUT2D eigenvalue weighted by Gasteiger charge is 2.45. The standard InChI is InChI=1S/C54H88N10O8.2ClH/c1-35(55-9)45(65)61-43(53(3,4)5)51(71)63-33-23-29-39(63)47(67)59-41(37-25-17-15-18-26-37)49(69)57-31-21-13-11-12-14-22-32-58-50(70)42(38-27-19-16-20-28-38)60-48(68)40-30-24-34-64(40)52(72)44(54(6,7)8)62-46(66)36(2)56-10;;/h35-44,55-56H,15-34H2,1-10H3,(H,57,69)(H,58,70)(H,59,67)(H,60,68)(H,61,65)(H,62,66);2*1H/t35-,36-,39-,40-,41-,42-,43+,44+;;/m0../s1. The topological polar surface area (TPSA) is 239 Å². The molecule has 0 bridgehead atoms. The maximum Gasteiger partial charge on any atom is 0.246 e. The summed E-state index contributed by atoms with van der Waals surface area (Å²) >= 11 is 0. The van der Waals surface area contributed by atoms with Gasteiger partial charge in [0.05, 0.1) is 12.1 Å². The van der Waals surface area contributed by atoms with E-state index in [1.165, 1.54) is 0 Å². The molecule has 2 aliphatic heterocycles. The monoisotopic (exact) mass is 1080 g/mol. The molecule has 8 N–H and O–H groups in total. The van der Waals surface area contributed by atoms with Gasteiger partial charge in [0.15, 0.2) is 0 Å². The van der Waals surface area contributed by atoms with Crippen LogP contribution < -0.4 is 42.5 Å². The molecule has 4 fully saturated rings. The van der Waals surface area contributed by atoms with Gasteiger partial charge in [-0.15, -0.1) is 24.8 Å². The van der Waals surface area contributed by atoms with Crippen molar-refractivity contribution < 1.29 is 38.4 Å². The van der Waals surface area contributed by atoms with Crippen LogP contribution >= 0.6 is 24.8 Å². The minimum absolute atomic E-state index is 0. The van der Waals surface area contributed by atoms with Gasteiger partial charge in [-0.2, -0.15) is 0 Å². The summed E-state index contributed by atoms with van der Waals surface area (Å²) in [4.78, 5) is 112. The summed E-state index contributed by atoms with van der Waals surface area (Å²) in [5.74, 6) is 8.94. The highest BCUT2D eigenvalue weighted by molar-refractivity contribution is 5.97. The lowest BCUT2D eigenvalue weighted by molar-refractivity contribution is -0.144. The number of rotatable bonds is 20. The van der Waals surface area contributed by atoms with Crippen LogP contribution in [-0.4, -0.2) is 146 Å². The normalized spacial score (nSPS) is 20.6. The Kier molecular flexibility index (Phi) is 27.8. The SMILES string of the molecule is CN[C@@H](C)C(=O)N[C@H](C(=O)N1CCC[C@H]1C(=O)N[C@H](C(=O)NCCC#CC#CCCNC(=O)[C@@H](NC(=O)[C@@H]1CCCN1C(=O)[C@@H](NC(=O)[C@H](C)NC)C(C)(C)C)C1CCCCC1)C1CCCCC1)C(C)(C)C.Cl.Cl. The van der Waals surface area contributed by atoms with E-state index in [4.69, 9.17) is 0 Å². The first-order valence-electron chi connectivity index (χ1n) is 26.8. The van der Waals surface area contributed by atoms with Crippen LogP contribution in [0.2, 0.25) is 0 Å². The molecule has 0 aromatic rings. The summed E-state index contributed by atoms with van der Waals surface area (Å²) in [6, 6.07) is -5.74. The Morgan fingerprint density at radius 1 is 0.486 bits per heavy atom. The Bertz CT molecular complexity index is 1890.